The summed E-state index contributed by atoms with van der Waals surface area (Å²) in [5.41, 5.74) is 7.90. The number of nitrogens with two attached hydrogens (primary N) is 1. The molecule has 0 atom stereocenters. The summed E-state index contributed by atoms with van der Waals surface area (Å²) < 4.78 is 0. The molecule has 2 aromatic rings. The molecule has 0 amide bonds. The van der Waals surface area contributed by atoms with E-state index in [0.29, 0.717) is 6.54 Å². The lowest BCUT2D eigenvalue weighted by molar-refractivity contribution is 1.08. The summed E-state index contributed by atoms with van der Waals surface area (Å²) in [6.07, 6.45) is 0. The third kappa shape index (κ3) is 3.32. The van der Waals surface area contributed by atoms with Crippen molar-refractivity contribution in [3.05, 3.63) is 45.8 Å². The van der Waals surface area contributed by atoms with Crippen molar-refractivity contribution in [2.24, 2.45) is 5.73 Å². The first-order valence-corrected chi connectivity index (χ1v) is 6.96. The summed E-state index contributed by atoms with van der Waals surface area (Å²) in [6, 6.07) is 10.1. The van der Waals surface area contributed by atoms with Gasteiger partial charge in [-0.3, -0.25) is 0 Å². The van der Waals surface area contributed by atoms with E-state index in [9.17, 15) is 0 Å². The highest BCUT2D eigenvalue weighted by atomic mass is 35.5. The molecule has 0 saturated carbocycles. The molecule has 0 aliphatic rings. The van der Waals surface area contributed by atoms with Gasteiger partial charge in [0.1, 0.15) is 0 Å². The van der Waals surface area contributed by atoms with Crippen molar-refractivity contribution in [1.29, 1.82) is 0 Å². The van der Waals surface area contributed by atoms with Crippen LogP contribution in [-0.2, 0) is 6.54 Å². The molecule has 0 unspecified atom stereocenters. The van der Waals surface area contributed by atoms with Crippen molar-refractivity contribution in [1.82, 2.24) is 0 Å². The highest BCUT2D eigenvalue weighted by Gasteiger charge is 2.08. The number of aryl methyl sites for hydroxylation is 1. The second-order valence-electron chi connectivity index (χ2n) is 3.38. The van der Waals surface area contributed by atoms with Gasteiger partial charge in [-0.15, -0.1) is 11.3 Å². The predicted molar refractivity (Wildman–Crippen MR) is 78.7 cm³/mol. The van der Waals surface area contributed by atoms with E-state index in [-0.39, 0.29) is 0 Å². The van der Waals surface area contributed by atoms with E-state index >= 15 is 0 Å². The molecule has 1 aromatic carbocycles. The SMILES string of the molecule is CC.Cc1ccc(-c2cccc(Cl)c2CN)s1. The Hall–Kier alpha value is -0.830. The summed E-state index contributed by atoms with van der Waals surface area (Å²) in [7, 11) is 0. The summed E-state index contributed by atoms with van der Waals surface area (Å²) in [4.78, 5) is 2.53. The number of benzene rings is 1. The van der Waals surface area contributed by atoms with Crippen molar-refractivity contribution in [2.45, 2.75) is 27.3 Å². The zero-order valence-electron chi connectivity index (χ0n) is 10.5. The molecule has 2 rings (SSSR count). The van der Waals surface area contributed by atoms with Gasteiger partial charge in [-0.1, -0.05) is 37.6 Å². The largest absolute Gasteiger partial charge is 0.326 e. The molecule has 0 bridgehead atoms. The monoisotopic (exact) mass is 267 g/mol. The van der Waals surface area contributed by atoms with E-state index in [1.165, 1.54) is 9.75 Å². The molecule has 1 nitrogen and oxygen atoms in total. The summed E-state index contributed by atoms with van der Waals surface area (Å²) in [5, 5.41) is 0.751. The molecule has 92 valence electrons. The van der Waals surface area contributed by atoms with Crippen LogP contribution in [0.2, 0.25) is 5.02 Å². The van der Waals surface area contributed by atoms with Crippen molar-refractivity contribution in [3.8, 4) is 10.4 Å². The van der Waals surface area contributed by atoms with Crippen molar-refractivity contribution in [3.63, 3.8) is 0 Å². The smallest absolute Gasteiger partial charge is 0.0457 e. The Balaban J connectivity index is 0.000000686. The molecule has 0 radical (unpaired) electrons. The Morgan fingerprint density at radius 2 is 1.88 bits per heavy atom. The van der Waals surface area contributed by atoms with E-state index in [1.54, 1.807) is 11.3 Å². The highest BCUT2D eigenvalue weighted by molar-refractivity contribution is 7.15. The molecule has 1 heterocycles. The van der Waals surface area contributed by atoms with Crippen LogP contribution in [0.25, 0.3) is 10.4 Å². The molecule has 0 aliphatic carbocycles. The highest BCUT2D eigenvalue weighted by Crippen LogP contribution is 2.33. The zero-order chi connectivity index (χ0) is 12.8. The fourth-order valence-electron chi connectivity index (χ4n) is 1.58. The van der Waals surface area contributed by atoms with E-state index in [2.05, 4.69) is 25.1 Å². The van der Waals surface area contributed by atoms with Gasteiger partial charge in [-0.05, 0) is 36.2 Å². The topological polar surface area (TPSA) is 26.0 Å². The third-order valence-electron chi connectivity index (χ3n) is 2.33. The minimum atomic E-state index is 0.478. The van der Waals surface area contributed by atoms with Gasteiger partial charge in [0.25, 0.3) is 0 Å². The Morgan fingerprint density at radius 1 is 1.18 bits per heavy atom. The first-order valence-electron chi connectivity index (χ1n) is 5.76. The minimum Gasteiger partial charge on any atom is -0.326 e. The van der Waals surface area contributed by atoms with Gasteiger partial charge in [0, 0.05) is 21.3 Å². The van der Waals surface area contributed by atoms with Gasteiger partial charge in [0.15, 0.2) is 0 Å². The van der Waals surface area contributed by atoms with Gasteiger partial charge in [0.2, 0.25) is 0 Å². The van der Waals surface area contributed by atoms with Crippen LogP contribution in [0.1, 0.15) is 24.3 Å². The van der Waals surface area contributed by atoms with Crippen molar-refractivity contribution in [2.75, 3.05) is 0 Å². The van der Waals surface area contributed by atoms with E-state index in [1.807, 2.05) is 26.0 Å². The standard InChI is InChI=1S/C12H12ClNS.C2H6/c1-8-5-6-12(15-8)9-3-2-4-11(13)10(9)7-14;1-2/h2-6H,7,14H2,1H3;1-2H3. The van der Waals surface area contributed by atoms with Crippen LogP contribution in [0.15, 0.2) is 30.3 Å². The second-order valence-corrected chi connectivity index (χ2v) is 5.08. The minimum absolute atomic E-state index is 0.478. The summed E-state index contributed by atoms with van der Waals surface area (Å²) in [5.74, 6) is 0. The maximum Gasteiger partial charge on any atom is 0.0457 e. The van der Waals surface area contributed by atoms with Gasteiger partial charge in [0.05, 0.1) is 0 Å². The Kier molecular flexibility index (Phi) is 5.69. The lowest BCUT2D eigenvalue weighted by Gasteiger charge is -2.07. The molecule has 0 aliphatic heterocycles. The summed E-state index contributed by atoms with van der Waals surface area (Å²) in [6.45, 7) is 6.58. The molecule has 1 aromatic heterocycles. The van der Waals surface area contributed by atoms with Crippen LogP contribution in [0.4, 0.5) is 0 Å². The van der Waals surface area contributed by atoms with Crippen LogP contribution in [0, 0.1) is 6.92 Å². The number of halogens is 1. The van der Waals surface area contributed by atoms with Crippen molar-refractivity contribution >= 4 is 22.9 Å². The Labute approximate surface area is 112 Å². The van der Waals surface area contributed by atoms with E-state index < -0.39 is 0 Å². The van der Waals surface area contributed by atoms with Crippen LogP contribution in [0.3, 0.4) is 0 Å². The molecular weight excluding hydrogens is 250 g/mol. The van der Waals surface area contributed by atoms with Crippen LogP contribution in [0.5, 0.6) is 0 Å². The summed E-state index contributed by atoms with van der Waals surface area (Å²) >= 11 is 7.88. The average molecular weight is 268 g/mol. The number of thiophene rings is 1. The molecule has 17 heavy (non-hydrogen) atoms. The number of hydrogen-bond donors (Lipinski definition) is 1. The van der Waals surface area contributed by atoms with Crippen LogP contribution >= 0.6 is 22.9 Å². The number of rotatable bonds is 2. The second kappa shape index (κ2) is 6.80. The molecule has 3 heteroatoms. The quantitative estimate of drug-likeness (QED) is 0.826. The van der Waals surface area contributed by atoms with E-state index in [0.717, 1.165) is 16.1 Å². The van der Waals surface area contributed by atoms with Gasteiger partial charge in [-0.25, -0.2) is 0 Å². The fraction of sp³-hybridized carbons (Fsp3) is 0.286. The lowest BCUT2D eigenvalue weighted by Crippen LogP contribution is -1.99. The van der Waals surface area contributed by atoms with Gasteiger partial charge >= 0.3 is 0 Å². The first-order chi connectivity index (χ1) is 8.22. The van der Waals surface area contributed by atoms with Crippen molar-refractivity contribution < 1.29 is 0 Å². The molecule has 0 saturated heterocycles. The fourth-order valence-corrected chi connectivity index (χ4v) is 2.75. The molecule has 0 spiro atoms. The predicted octanol–water partition coefficient (Wildman–Crippen LogP) is 4.86. The average Bonchev–Trinajstić information content (AvgIpc) is 2.78. The molecular formula is C14H18ClNS. The van der Waals surface area contributed by atoms with Crippen LogP contribution < -0.4 is 5.73 Å². The normalized spacial score (nSPS) is 9.71. The third-order valence-corrected chi connectivity index (χ3v) is 3.72. The van der Waals surface area contributed by atoms with Crippen LogP contribution in [-0.4, -0.2) is 0 Å². The Morgan fingerprint density at radius 3 is 2.41 bits per heavy atom. The lowest BCUT2D eigenvalue weighted by atomic mass is 10.1. The maximum absolute atomic E-state index is 6.11. The molecule has 2 N–H and O–H groups in total. The molecule has 0 fully saturated rings. The van der Waals surface area contributed by atoms with Gasteiger partial charge < -0.3 is 5.73 Å². The maximum atomic E-state index is 6.11. The van der Waals surface area contributed by atoms with Gasteiger partial charge in [-0.2, -0.15) is 0 Å². The zero-order valence-corrected chi connectivity index (χ0v) is 12.0. The first kappa shape index (κ1) is 14.2. The number of hydrogen-bond acceptors (Lipinski definition) is 2. The Bertz CT molecular complexity index is 477. The van der Waals surface area contributed by atoms with E-state index in [4.69, 9.17) is 17.3 Å².